The first-order valence-electron chi connectivity index (χ1n) is 15.4. The van der Waals surface area contributed by atoms with Crippen molar-refractivity contribution in [2.45, 2.75) is 95.9 Å². The van der Waals surface area contributed by atoms with Gasteiger partial charge in [-0.25, -0.2) is 19.3 Å². The van der Waals surface area contributed by atoms with Crippen LogP contribution in [0.4, 0.5) is 18.0 Å². The van der Waals surface area contributed by atoms with Crippen LogP contribution in [0.1, 0.15) is 76.9 Å². The molecular weight excluding hydrogens is 595 g/mol. The minimum Gasteiger partial charge on any atom is -0.494 e. The van der Waals surface area contributed by atoms with Crippen molar-refractivity contribution in [3.63, 3.8) is 0 Å². The number of halogens is 3. The Balaban J connectivity index is 1.49. The molecule has 15 heteroatoms. The van der Waals surface area contributed by atoms with Crippen LogP contribution in [-0.4, -0.2) is 87.0 Å². The molecule has 2 aliphatic rings. The summed E-state index contributed by atoms with van der Waals surface area (Å²) in [4.78, 5) is 28.9. The Kier molecular flexibility index (Phi) is 10.6. The minimum absolute atomic E-state index is 0.276. The molecule has 3 aromatic rings. The Hall–Kier alpha value is -3.72. The number of ether oxygens (including phenoxy) is 4. The molecule has 4 bridgehead atoms. The number of alkyl halides is 3. The van der Waals surface area contributed by atoms with Crippen molar-refractivity contribution in [3.05, 3.63) is 30.5 Å². The second-order valence-corrected chi connectivity index (χ2v) is 11.3. The molecule has 5 heterocycles. The smallest absolute Gasteiger partial charge is 0.391 e. The lowest BCUT2D eigenvalue weighted by atomic mass is 10.00. The van der Waals surface area contributed by atoms with Crippen molar-refractivity contribution in [2.75, 3.05) is 26.9 Å². The molecule has 3 unspecified atom stereocenters. The number of hydrogen-bond donors (Lipinski definition) is 1. The highest BCUT2D eigenvalue weighted by Crippen LogP contribution is 2.34. The highest BCUT2D eigenvalue weighted by Gasteiger charge is 2.39. The van der Waals surface area contributed by atoms with E-state index in [9.17, 15) is 18.0 Å². The van der Waals surface area contributed by atoms with Gasteiger partial charge in [-0.3, -0.25) is 4.98 Å². The number of carbonyl (C=O) groups is 1. The van der Waals surface area contributed by atoms with E-state index in [0.717, 1.165) is 12.8 Å². The van der Waals surface area contributed by atoms with E-state index in [-0.39, 0.29) is 13.0 Å². The summed E-state index contributed by atoms with van der Waals surface area (Å²) in [5.41, 5.74) is 2.08. The van der Waals surface area contributed by atoms with E-state index in [4.69, 9.17) is 23.9 Å². The summed E-state index contributed by atoms with van der Waals surface area (Å²) >= 11 is 0. The van der Waals surface area contributed by atoms with Crippen molar-refractivity contribution < 1.29 is 36.9 Å². The summed E-state index contributed by atoms with van der Waals surface area (Å²) in [5, 5.41) is 7.17. The van der Waals surface area contributed by atoms with Crippen LogP contribution in [0.5, 0.6) is 11.6 Å². The first-order valence-corrected chi connectivity index (χ1v) is 15.4. The third-order valence-corrected chi connectivity index (χ3v) is 8.17. The van der Waals surface area contributed by atoms with E-state index in [2.05, 4.69) is 20.4 Å². The van der Waals surface area contributed by atoms with E-state index in [0.29, 0.717) is 73.1 Å². The summed E-state index contributed by atoms with van der Waals surface area (Å²) in [6.07, 6.45) is 1.08. The summed E-state index contributed by atoms with van der Waals surface area (Å²) < 4.78 is 66.3. The summed E-state index contributed by atoms with van der Waals surface area (Å²) in [6, 6.07) is -0.189. The van der Waals surface area contributed by atoms with Crippen LogP contribution in [-0.2, 0) is 9.47 Å². The molecule has 0 spiro atoms. The monoisotopic (exact) mass is 635 g/mol. The Morgan fingerprint density at radius 3 is 2.67 bits per heavy atom. The highest BCUT2D eigenvalue weighted by molar-refractivity contribution is 5.75. The standard InChI is InChI=1S/C30H40F3N7O5/c1-4-39-19(2)22-14-20(25(42-3)16-34-22)23-17-40-27(35-18-36-40)28(37-23)44-13-8-5-6-10-21(38-29(39)41)24(15-30(31,32)33)45-26-11-7-9-12-43-26/h14,16-19,21,24,26H,4-13,15H2,1-3H3,(H,38,41)/t19-,21?,24?,26?/m1/s1. The Labute approximate surface area is 259 Å². The normalized spacial score (nSPS) is 22.8. The van der Waals surface area contributed by atoms with Gasteiger partial charge in [0.25, 0.3) is 5.88 Å². The Morgan fingerprint density at radius 2 is 1.93 bits per heavy atom. The lowest BCUT2D eigenvalue weighted by Gasteiger charge is -2.36. The molecule has 3 aromatic heterocycles. The van der Waals surface area contributed by atoms with Gasteiger partial charge in [-0.05, 0) is 58.4 Å². The average molecular weight is 636 g/mol. The van der Waals surface area contributed by atoms with Crippen molar-refractivity contribution in [3.8, 4) is 22.9 Å². The molecule has 12 nitrogen and oxygen atoms in total. The highest BCUT2D eigenvalue weighted by atomic mass is 19.4. The van der Waals surface area contributed by atoms with Crippen LogP contribution in [0.3, 0.4) is 0 Å². The van der Waals surface area contributed by atoms with Gasteiger partial charge < -0.3 is 29.2 Å². The Bertz CT molecular complexity index is 1430. The van der Waals surface area contributed by atoms with E-state index in [1.807, 2.05) is 6.92 Å². The topological polar surface area (TPSA) is 125 Å². The van der Waals surface area contributed by atoms with E-state index < -0.39 is 43.1 Å². The molecule has 0 saturated carbocycles. The number of aromatic nitrogens is 5. The van der Waals surface area contributed by atoms with Crippen LogP contribution in [0.15, 0.2) is 24.8 Å². The maximum absolute atomic E-state index is 13.8. The van der Waals surface area contributed by atoms with Crippen molar-refractivity contribution in [1.82, 2.24) is 34.8 Å². The summed E-state index contributed by atoms with van der Waals surface area (Å²) in [5.74, 6) is 0.741. The van der Waals surface area contributed by atoms with Gasteiger partial charge >= 0.3 is 12.2 Å². The molecule has 1 N–H and O–H groups in total. The van der Waals surface area contributed by atoms with Gasteiger partial charge in [0.1, 0.15) is 12.1 Å². The Morgan fingerprint density at radius 1 is 1.13 bits per heavy atom. The number of pyridine rings is 1. The molecule has 1 saturated heterocycles. The number of fused-ring (bicyclic) bond motifs is 7. The molecule has 45 heavy (non-hydrogen) atoms. The number of carbonyl (C=O) groups excluding carboxylic acids is 1. The zero-order chi connectivity index (χ0) is 32.0. The molecule has 2 aliphatic heterocycles. The van der Waals surface area contributed by atoms with E-state index >= 15 is 0 Å². The fourth-order valence-corrected chi connectivity index (χ4v) is 5.76. The zero-order valence-electron chi connectivity index (χ0n) is 25.8. The molecule has 246 valence electrons. The van der Waals surface area contributed by atoms with Gasteiger partial charge in [0.15, 0.2) is 6.29 Å². The average Bonchev–Trinajstić information content (AvgIpc) is 3.50. The number of rotatable bonds is 6. The van der Waals surface area contributed by atoms with Gasteiger partial charge in [-0.2, -0.15) is 18.3 Å². The number of urea groups is 1. The molecule has 0 aliphatic carbocycles. The molecule has 2 amide bonds. The molecule has 5 rings (SSSR count). The number of methoxy groups -OCH3 is 1. The van der Waals surface area contributed by atoms with E-state index in [1.54, 1.807) is 29.9 Å². The summed E-state index contributed by atoms with van der Waals surface area (Å²) in [6.45, 7) is 4.62. The van der Waals surface area contributed by atoms with Crippen LogP contribution >= 0.6 is 0 Å². The van der Waals surface area contributed by atoms with E-state index in [1.165, 1.54) is 18.3 Å². The van der Waals surface area contributed by atoms with Crippen LogP contribution < -0.4 is 14.8 Å². The van der Waals surface area contributed by atoms with Gasteiger partial charge in [0, 0.05) is 18.7 Å². The molecule has 1 fully saturated rings. The molecular formula is C30H40F3N7O5. The first-order chi connectivity index (χ1) is 21.7. The third kappa shape index (κ3) is 8.12. The van der Waals surface area contributed by atoms with Crippen molar-refractivity contribution in [2.24, 2.45) is 0 Å². The second kappa shape index (κ2) is 14.6. The van der Waals surface area contributed by atoms with Gasteiger partial charge in [0.2, 0.25) is 5.65 Å². The first kappa shape index (κ1) is 32.7. The molecule has 0 aromatic carbocycles. The predicted molar refractivity (Wildman–Crippen MR) is 157 cm³/mol. The lowest BCUT2D eigenvalue weighted by molar-refractivity contribution is -0.225. The predicted octanol–water partition coefficient (Wildman–Crippen LogP) is 5.47. The van der Waals surface area contributed by atoms with Gasteiger partial charge in [-0.1, -0.05) is 6.42 Å². The lowest BCUT2D eigenvalue weighted by Crippen LogP contribution is -2.52. The van der Waals surface area contributed by atoms with Crippen LogP contribution in [0.2, 0.25) is 0 Å². The largest absolute Gasteiger partial charge is 0.494 e. The SMILES string of the molecule is CCN1C(=O)NC(C(CC(F)(F)F)OC2CCCCO2)CCCCCOc2nc(cn3ncnc23)-c2cc(ncc2OC)[C@H]1C. The third-order valence-electron chi connectivity index (χ3n) is 8.17. The molecule has 0 radical (unpaired) electrons. The van der Waals surface area contributed by atoms with Crippen molar-refractivity contribution in [1.29, 1.82) is 0 Å². The quantitative estimate of drug-likeness (QED) is 0.375. The van der Waals surface area contributed by atoms with Crippen LogP contribution in [0, 0.1) is 0 Å². The summed E-state index contributed by atoms with van der Waals surface area (Å²) in [7, 11) is 1.52. The maximum atomic E-state index is 13.8. The fourth-order valence-electron chi connectivity index (χ4n) is 5.76. The van der Waals surface area contributed by atoms with Gasteiger partial charge in [-0.15, -0.1) is 0 Å². The minimum atomic E-state index is -4.50. The number of hydrogen-bond acceptors (Lipinski definition) is 9. The van der Waals surface area contributed by atoms with Gasteiger partial charge in [0.05, 0.1) is 62.1 Å². The molecule has 4 atom stereocenters. The second-order valence-electron chi connectivity index (χ2n) is 11.3. The van der Waals surface area contributed by atoms with Crippen molar-refractivity contribution >= 4 is 11.7 Å². The van der Waals surface area contributed by atoms with Crippen LogP contribution in [0.25, 0.3) is 16.9 Å². The zero-order valence-corrected chi connectivity index (χ0v) is 25.8. The number of amides is 2. The maximum Gasteiger partial charge on any atom is 0.391 e. The number of nitrogens with zero attached hydrogens (tertiary/aromatic N) is 6. The fraction of sp³-hybridized carbons (Fsp3) is 0.633. The number of nitrogens with one attached hydrogen (secondary N) is 1.